The monoisotopic (exact) mass is 451 g/mol. The van der Waals surface area contributed by atoms with E-state index < -0.39 is 0 Å². The molecule has 3 heterocycles. The van der Waals surface area contributed by atoms with Crippen LogP contribution < -0.4 is 9.64 Å². The first-order valence-electron chi connectivity index (χ1n) is 10.3. The molecule has 0 radical (unpaired) electrons. The number of aromatic amines is 1. The number of benzene rings is 2. The Morgan fingerprint density at radius 1 is 1.12 bits per heavy atom. The van der Waals surface area contributed by atoms with E-state index in [1.54, 1.807) is 12.0 Å². The van der Waals surface area contributed by atoms with Gasteiger partial charge < -0.3 is 24.3 Å². The number of nitrogens with zero attached hydrogens (tertiary/aromatic N) is 4. The molecule has 1 amide bonds. The summed E-state index contributed by atoms with van der Waals surface area (Å²) in [6.07, 6.45) is 1.15. The fourth-order valence-electron chi connectivity index (χ4n) is 4.05. The topological polar surface area (TPSA) is 83.6 Å². The van der Waals surface area contributed by atoms with Crippen molar-refractivity contribution in [1.29, 1.82) is 0 Å². The average Bonchev–Trinajstić information content (AvgIpc) is 3.21. The lowest BCUT2D eigenvalue weighted by Crippen LogP contribution is -2.49. The molecule has 0 saturated carbocycles. The summed E-state index contributed by atoms with van der Waals surface area (Å²) in [5.74, 6) is 0.735. The van der Waals surface area contributed by atoms with Crippen LogP contribution >= 0.6 is 11.6 Å². The number of amides is 1. The van der Waals surface area contributed by atoms with Gasteiger partial charge in [0.2, 0.25) is 0 Å². The van der Waals surface area contributed by atoms with Gasteiger partial charge in [-0.3, -0.25) is 0 Å². The average molecular weight is 452 g/mol. The Kier molecular flexibility index (Phi) is 5.45. The second-order valence-electron chi connectivity index (χ2n) is 7.60. The van der Waals surface area contributed by atoms with Crippen molar-refractivity contribution in [3.05, 3.63) is 59.5 Å². The van der Waals surface area contributed by atoms with E-state index in [1.165, 1.54) is 6.33 Å². The largest absolute Gasteiger partial charge is 0.495 e. The van der Waals surface area contributed by atoms with Crippen molar-refractivity contribution in [3.63, 3.8) is 0 Å². The number of halogens is 1. The van der Waals surface area contributed by atoms with E-state index in [9.17, 15) is 4.79 Å². The van der Waals surface area contributed by atoms with Gasteiger partial charge in [-0.1, -0.05) is 41.9 Å². The van der Waals surface area contributed by atoms with E-state index in [-0.39, 0.29) is 12.7 Å². The van der Waals surface area contributed by atoms with Gasteiger partial charge in [-0.2, -0.15) is 0 Å². The standard InChI is InChI=1S/C23H22ClN5O3/c1-31-19-11-16-17(27-22-20(16)21(24)25-14-26-22)12-18(19)28-7-9-29(10-8-28)23(30)32-13-15-5-3-2-4-6-15/h2-6,11-12,14H,7-10,13H2,1H3,(H,25,26,27). The Morgan fingerprint density at radius 2 is 1.91 bits per heavy atom. The number of nitrogens with one attached hydrogen (secondary N) is 1. The molecule has 5 rings (SSSR count). The van der Waals surface area contributed by atoms with E-state index in [4.69, 9.17) is 21.1 Å². The molecule has 1 aliphatic heterocycles. The van der Waals surface area contributed by atoms with Gasteiger partial charge in [0.15, 0.2) is 0 Å². The molecule has 1 aliphatic rings. The van der Waals surface area contributed by atoms with Gasteiger partial charge in [0.05, 0.1) is 23.7 Å². The number of ether oxygens (including phenoxy) is 2. The van der Waals surface area contributed by atoms with Crippen molar-refractivity contribution in [2.45, 2.75) is 6.61 Å². The Bertz CT molecular complexity index is 1270. The first-order valence-corrected chi connectivity index (χ1v) is 10.7. The van der Waals surface area contributed by atoms with E-state index in [1.807, 2.05) is 42.5 Å². The molecule has 1 N–H and O–H groups in total. The highest BCUT2D eigenvalue weighted by Gasteiger charge is 2.25. The number of methoxy groups -OCH3 is 1. The summed E-state index contributed by atoms with van der Waals surface area (Å²) in [6.45, 7) is 2.75. The summed E-state index contributed by atoms with van der Waals surface area (Å²) in [5.41, 5.74) is 3.52. The zero-order chi connectivity index (χ0) is 22.1. The molecular weight excluding hydrogens is 430 g/mol. The molecule has 0 aliphatic carbocycles. The third-order valence-electron chi connectivity index (χ3n) is 5.73. The zero-order valence-electron chi connectivity index (χ0n) is 17.5. The minimum atomic E-state index is -0.292. The predicted molar refractivity (Wildman–Crippen MR) is 123 cm³/mol. The van der Waals surface area contributed by atoms with E-state index in [0.717, 1.165) is 33.3 Å². The summed E-state index contributed by atoms with van der Waals surface area (Å²) < 4.78 is 11.2. The minimum Gasteiger partial charge on any atom is -0.495 e. The van der Waals surface area contributed by atoms with Crippen LogP contribution in [0.2, 0.25) is 5.15 Å². The van der Waals surface area contributed by atoms with Gasteiger partial charge in [0, 0.05) is 31.6 Å². The SMILES string of the molecule is COc1cc2c(cc1N1CCN(C(=O)OCc3ccccc3)CC1)[nH]c1ncnc(Cl)c12. The highest BCUT2D eigenvalue weighted by atomic mass is 35.5. The molecule has 1 saturated heterocycles. The van der Waals surface area contributed by atoms with Crippen molar-refractivity contribution >= 4 is 45.3 Å². The maximum atomic E-state index is 12.5. The van der Waals surface area contributed by atoms with Gasteiger partial charge in [-0.15, -0.1) is 0 Å². The molecule has 0 spiro atoms. The summed E-state index contributed by atoms with van der Waals surface area (Å²) >= 11 is 6.30. The zero-order valence-corrected chi connectivity index (χ0v) is 18.3. The predicted octanol–water partition coefficient (Wildman–Crippen LogP) is 4.23. The number of hydrogen-bond donors (Lipinski definition) is 1. The van der Waals surface area contributed by atoms with Crippen molar-refractivity contribution in [3.8, 4) is 5.75 Å². The maximum Gasteiger partial charge on any atom is 0.410 e. The number of fused-ring (bicyclic) bond motifs is 3. The molecule has 32 heavy (non-hydrogen) atoms. The Balaban J connectivity index is 1.31. The molecule has 8 nitrogen and oxygen atoms in total. The molecule has 9 heteroatoms. The molecule has 164 valence electrons. The van der Waals surface area contributed by atoms with E-state index in [2.05, 4.69) is 19.9 Å². The summed E-state index contributed by atoms with van der Waals surface area (Å²) in [4.78, 5) is 28.1. The second-order valence-corrected chi connectivity index (χ2v) is 7.96. The molecule has 0 bridgehead atoms. The lowest BCUT2D eigenvalue weighted by atomic mass is 10.1. The van der Waals surface area contributed by atoms with Crippen LogP contribution in [0.4, 0.5) is 10.5 Å². The third kappa shape index (κ3) is 3.78. The van der Waals surface area contributed by atoms with Crippen molar-refractivity contribution in [1.82, 2.24) is 19.9 Å². The highest BCUT2D eigenvalue weighted by Crippen LogP contribution is 2.38. The normalized spacial score (nSPS) is 14.2. The number of hydrogen-bond acceptors (Lipinski definition) is 6. The van der Waals surface area contributed by atoms with Crippen LogP contribution in [0.1, 0.15) is 5.56 Å². The maximum absolute atomic E-state index is 12.5. The molecular formula is C23H22ClN5O3. The van der Waals surface area contributed by atoms with Crippen LogP contribution in [0.5, 0.6) is 5.75 Å². The summed E-state index contributed by atoms with van der Waals surface area (Å²) in [6, 6.07) is 13.7. The van der Waals surface area contributed by atoms with Crippen LogP contribution in [-0.2, 0) is 11.3 Å². The van der Waals surface area contributed by atoms with Crippen molar-refractivity contribution in [2.24, 2.45) is 0 Å². The fraction of sp³-hybridized carbons (Fsp3) is 0.261. The minimum absolute atomic E-state index is 0.274. The van der Waals surface area contributed by atoms with Crippen LogP contribution in [0.15, 0.2) is 48.8 Å². The molecule has 2 aromatic carbocycles. The van der Waals surface area contributed by atoms with Gasteiger partial charge in [-0.25, -0.2) is 14.8 Å². The second kappa shape index (κ2) is 8.55. The molecule has 1 fully saturated rings. The van der Waals surface area contributed by atoms with E-state index in [0.29, 0.717) is 37.0 Å². The number of aromatic nitrogens is 3. The number of carbonyl (C=O) groups is 1. The number of H-pyrrole nitrogens is 1. The number of anilines is 1. The molecule has 0 atom stereocenters. The van der Waals surface area contributed by atoms with Crippen molar-refractivity contribution in [2.75, 3.05) is 38.2 Å². The number of piperazine rings is 1. The Labute approximate surface area is 189 Å². The van der Waals surface area contributed by atoms with Gasteiger partial charge >= 0.3 is 6.09 Å². The molecule has 4 aromatic rings. The van der Waals surface area contributed by atoms with Crippen molar-refractivity contribution < 1.29 is 14.3 Å². The number of rotatable bonds is 4. The van der Waals surface area contributed by atoms with E-state index >= 15 is 0 Å². The van der Waals surface area contributed by atoms with Gasteiger partial charge in [-0.05, 0) is 17.7 Å². The van der Waals surface area contributed by atoms with Crippen LogP contribution in [0.3, 0.4) is 0 Å². The first-order chi connectivity index (χ1) is 15.6. The Hall–Kier alpha value is -3.52. The number of carbonyl (C=O) groups excluding carboxylic acids is 1. The summed E-state index contributed by atoms with van der Waals surface area (Å²) in [5, 5.41) is 2.09. The van der Waals surface area contributed by atoms with Crippen LogP contribution in [0.25, 0.3) is 21.9 Å². The molecule has 0 unspecified atom stereocenters. The molecule has 2 aromatic heterocycles. The van der Waals surface area contributed by atoms with Crippen LogP contribution in [-0.4, -0.2) is 59.2 Å². The van der Waals surface area contributed by atoms with Gasteiger partial charge in [0.1, 0.15) is 29.5 Å². The summed E-state index contributed by atoms with van der Waals surface area (Å²) in [7, 11) is 1.65. The third-order valence-corrected chi connectivity index (χ3v) is 6.01. The quantitative estimate of drug-likeness (QED) is 0.467. The lowest BCUT2D eigenvalue weighted by Gasteiger charge is -2.36. The van der Waals surface area contributed by atoms with Gasteiger partial charge in [0.25, 0.3) is 0 Å². The first kappa shape index (κ1) is 20.4. The fourth-order valence-corrected chi connectivity index (χ4v) is 4.29. The van der Waals surface area contributed by atoms with Crippen LogP contribution in [0, 0.1) is 0 Å². The Morgan fingerprint density at radius 3 is 2.66 bits per heavy atom. The smallest absolute Gasteiger partial charge is 0.410 e. The highest BCUT2D eigenvalue weighted by molar-refractivity contribution is 6.36. The lowest BCUT2D eigenvalue weighted by molar-refractivity contribution is 0.0941.